The van der Waals surface area contributed by atoms with Crippen LogP contribution in [0.5, 0.6) is 11.5 Å². The summed E-state index contributed by atoms with van der Waals surface area (Å²) in [6.07, 6.45) is 0. The Bertz CT molecular complexity index is 1310. The Morgan fingerprint density at radius 1 is 0.944 bits per heavy atom. The van der Waals surface area contributed by atoms with Crippen LogP contribution in [0.2, 0.25) is 5.02 Å². The number of halogens is 1. The number of amides is 1. The van der Waals surface area contributed by atoms with Gasteiger partial charge in [0, 0.05) is 26.2 Å². The summed E-state index contributed by atoms with van der Waals surface area (Å²) in [4.78, 5) is 14.9. The van der Waals surface area contributed by atoms with Crippen LogP contribution in [0.4, 0.5) is 11.4 Å². The van der Waals surface area contributed by atoms with Crippen LogP contribution in [0.15, 0.2) is 71.6 Å². The molecule has 0 spiro atoms. The molecule has 3 aromatic rings. The van der Waals surface area contributed by atoms with Crippen LogP contribution in [-0.2, 0) is 14.8 Å². The summed E-state index contributed by atoms with van der Waals surface area (Å²) in [5, 5.41) is 3.34. The average molecular weight is 530 g/mol. The second-order valence-electron chi connectivity index (χ2n) is 8.35. The number of rotatable bonds is 8. The van der Waals surface area contributed by atoms with E-state index in [2.05, 4.69) is 5.32 Å². The SMILES string of the molecule is COc1ccc(OCC(=O)Nc2cccc(Cl)c2N2CCN(S(=O)(=O)c3ccc(C)cc3)CC2)cc1. The minimum atomic E-state index is -3.58. The number of sulfonamides is 1. The summed E-state index contributed by atoms with van der Waals surface area (Å²) in [5.74, 6) is 0.903. The van der Waals surface area contributed by atoms with Gasteiger partial charge in [-0.15, -0.1) is 0 Å². The first-order valence-electron chi connectivity index (χ1n) is 11.4. The minimum absolute atomic E-state index is 0.180. The van der Waals surface area contributed by atoms with Crippen LogP contribution < -0.4 is 19.7 Å². The van der Waals surface area contributed by atoms with Crippen LogP contribution in [0.3, 0.4) is 0 Å². The highest BCUT2D eigenvalue weighted by atomic mass is 35.5. The standard InChI is InChI=1S/C26H28ClN3O5S/c1-19-6-12-22(13-7-19)36(32,33)30-16-14-29(15-17-30)26-23(27)4-3-5-24(26)28-25(31)18-35-21-10-8-20(34-2)9-11-21/h3-13H,14-18H2,1-2H3,(H,28,31). The number of nitrogens with zero attached hydrogens (tertiary/aromatic N) is 2. The molecule has 1 saturated heterocycles. The lowest BCUT2D eigenvalue weighted by Gasteiger charge is -2.36. The summed E-state index contributed by atoms with van der Waals surface area (Å²) in [6, 6.07) is 19.1. The predicted molar refractivity (Wildman–Crippen MR) is 141 cm³/mol. The third-order valence-electron chi connectivity index (χ3n) is 5.90. The highest BCUT2D eigenvalue weighted by Gasteiger charge is 2.30. The fraction of sp³-hybridized carbons (Fsp3) is 0.269. The Labute approximate surface area is 216 Å². The minimum Gasteiger partial charge on any atom is -0.497 e. The van der Waals surface area contributed by atoms with E-state index >= 15 is 0 Å². The van der Waals surface area contributed by atoms with Gasteiger partial charge in [-0.1, -0.05) is 35.4 Å². The number of hydrogen-bond acceptors (Lipinski definition) is 6. The lowest BCUT2D eigenvalue weighted by Crippen LogP contribution is -2.49. The van der Waals surface area contributed by atoms with E-state index in [1.807, 2.05) is 11.8 Å². The second kappa shape index (κ2) is 11.2. The molecule has 0 aromatic heterocycles. The van der Waals surface area contributed by atoms with Gasteiger partial charge in [-0.25, -0.2) is 8.42 Å². The van der Waals surface area contributed by atoms with Crippen molar-refractivity contribution in [3.63, 3.8) is 0 Å². The number of carbonyl (C=O) groups excluding carboxylic acids is 1. The summed E-state index contributed by atoms with van der Waals surface area (Å²) < 4.78 is 38.3. The maximum absolute atomic E-state index is 13.0. The molecule has 1 N–H and O–H groups in total. The number of nitrogens with one attached hydrogen (secondary N) is 1. The molecule has 3 aromatic carbocycles. The van der Waals surface area contributed by atoms with Gasteiger partial charge in [-0.3, -0.25) is 4.79 Å². The van der Waals surface area contributed by atoms with E-state index in [9.17, 15) is 13.2 Å². The Kier molecular flexibility index (Phi) is 8.03. The van der Waals surface area contributed by atoms with E-state index in [-0.39, 0.29) is 17.4 Å². The molecule has 1 aliphatic rings. The zero-order chi connectivity index (χ0) is 25.7. The van der Waals surface area contributed by atoms with Crippen LogP contribution in [0, 0.1) is 6.92 Å². The van der Waals surface area contributed by atoms with Crippen molar-refractivity contribution in [1.29, 1.82) is 0 Å². The van der Waals surface area contributed by atoms with E-state index in [1.165, 1.54) is 4.31 Å². The molecule has 0 atom stereocenters. The van der Waals surface area contributed by atoms with Crippen molar-refractivity contribution >= 4 is 38.9 Å². The number of carbonyl (C=O) groups is 1. The summed E-state index contributed by atoms with van der Waals surface area (Å²) in [6.45, 7) is 3.20. The van der Waals surface area contributed by atoms with Gasteiger partial charge in [-0.2, -0.15) is 4.31 Å². The number of para-hydroxylation sites is 1. The molecular formula is C26H28ClN3O5S. The van der Waals surface area contributed by atoms with E-state index < -0.39 is 10.0 Å². The first kappa shape index (κ1) is 25.8. The molecule has 1 amide bonds. The number of benzene rings is 3. The smallest absolute Gasteiger partial charge is 0.262 e. The number of methoxy groups -OCH3 is 1. The largest absolute Gasteiger partial charge is 0.497 e. The fourth-order valence-corrected chi connectivity index (χ4v) is 5.67. The van der Waals surface area contributed by atoms with E-state index in [0.29, 0.717) is 54.1 Å². The van der Waals surface area contributed by atoms with Crippen molar-refractivity contribution in [3.05, 3.63) is 77.3 Å². The average Bonchev–Trinajstić information content (AvgIpc) is 2.88. The van der Waals surface area contributed by atoms with Crippen LogP contribution in [0.1, 0.15) is 5.56 Å². The van der Waals surface area contributed by atoms with Crippen molar-refractivity contribution in [3.8, 4) is 11.5 Å². The normalized spacial score (nSPS) is 14.4. The Balaban J connectivity index is 1.40. The first-order chi connectivity index (χ1) is 17.3. The molecule has 10 heteroatoms. The lowest BCUT2D eigenvalue weighted by molar-refractivity contribution is -0.118. The van der Waals surface area contributed by atoms with Crippen LogP contribution in [-0.4, -0.2) is 58.5 Å². The van der Waals surface area contributed by atoms with Crippen molar-refractivity contribution in [2.45, 2.75) is 11.8 Å². The highest BCUT2D eigenvalue weighted by Crippen LogP contribution is 2.35. The van der Waals surface area contributed by atoms with Crippen LogP contribution >= 0.6 is 11.6 Å². The van der Waals surface area contributed by atoms with Gasteiger partial charge in [-0.05, 0) is 55.5 Å². The van der Waals surface area contributed by atoms with Gasteiger partial charge >= 0.3 is 0 Å². The van der Waals surface area contributed by atoms with Crippen molar-refractivity contribution in [2.24, 2.45) is 0 Å². The maximum Gasteiger partial charge on any atom is 0.262 e. The van der Waals surface area contributed by atoms with E-state index in [4.69, 9.17) is 21.1 Å². The van der Waals surface area contributed by atoms with Gasteiger partial charge in [0.2, 0.25) is 10.0 Å². The Morgan fingerprint density at radius 3 is 2.22 bits per heavy atom. The van der Waals surface area contributed by atoms with Crippen LogP contribution in [0.25, 0.3) is 0 Å². The quantitative estimate of drug-likeness (QED) is 0.471. The number of anilines is 2. The molecule has 0 radical (unpaired) electrons. The molecule has 190 valence electrons. The fourth-order valence-electron chi connectivity index (χ4n) is 3.96. The van der Waals surface area contributed by atoms with Gasteiger partial charge in [0.15, 0.2) is 6.61 Å². The molecule has 36 heavy (non-hydrogen) atoms. The molecular weight excluding hydrogens is 502 g/mol. The second-order valence-corrected chi connectivity index (χ2v) is 10.7. The van der Waals surface area contributed by atoms with E-state index in [0.717, 1.165) is 5.56 Å². The van der Waals surface area contributed by atoms with Crippen molar-refractivity contribution in [2.75, 3.05) is 50.1 Å². The zero-order valence-electron chi connectivity index (χ0n) is 20.1. The third kappa shape index (κ3) is 5.92. The molecule has 0 saturated carbocycles. The molecule has 8 nitrogen and oxygen atoms in total. The molecule has 4 rings (SSSR count). The topological polar surface area (TPSA) is 88.2 Å². The zero-order valence-corrected chi connectivity index (χ0v) is 21.7. The van der Waals surface area contributed by atoms with Crippen molar-refractivity contribution < 1.29 is 22.7 Å². The summed E-state index contributed by atoms with van der Waals surface area (Å²) >= 11 is 6.52. The maximum atomic E-state index is 13.0. The van der Waals surface area contributed by atoms with Gasteiger partial charge in [0.05, 0.1) is 28.4 Å². The molecule has 0 bridgehead atoms. The third-order valence-corrected chi connectivity index (χ3v) is 8.12. The lowest BCUT2D eigenvalue weighted by atomic mass is 10.2. The van der Waals surface area contributed by atoms with Crippen molar-refractivity contribution in [1.82, 2.24) is 4.31 Å². The molecule has 1 fully saturated rings. The Hall–Kier alpha value is -3.27. The number of aryl methyl sites for hydroxylation is 1. The monoisotopic (exact) mass is 529 g/mol. The Morgan fingerprint density at radius 2 is 1.58 bits per heavy atom. The predicted octanol–water partition coefficient (Wildman–Crippen LogP) is 4.19. The van der Waals surface area contributed by atoms with Gasteiger partial charge in [0.25, 0.3) is 5.91 Å². The summed E-state index contributed by atoms with van der Waals surface area (Å²) in [5.41, 5.74) is 2.20. The molecule has 1 aliphatic heterocycles. The number of ether oxygens (including phenoxy) is 2. The highest BCUT2D eigenvalue weighted by molar-refractivity contribution is 7.89. The first-order valence-corrected chi connectivity index (χ1v) is 13.3. The number of piperazine rings is 1. The molecule has 1 heterocycles. The van der Waals surface area contributed by atoms with E-state index in [1.54, 1.807) is 73.8 Å². The van der Waals surface area contributed by atoms with Gasteiger partial charge < -0.3 is 19.7 Å². The molecule has 0 unspecified atom stereocenters. The van der Waals surface area contributed by atoms with Gasteiger partial charge in [0.1, 0.15) is 11.5 Å². The number of hydrogen-bond donors (Lipinski definition) is 1. The molecule has 0 aliphatic carbocycles. The summed E-state index contributed by atoms with van der Waals surface area (Å²) in [7, 11) is -2.00.